The van der Waals surface area contributed by atoms with E-state index in [1.165, 1.54) is 103 Å². The standard InChI is InChI=1S/C44H80O6/c1-4-7-10-13-16-18-20-21-22-24-25-28-31-34-37-43(46)49-40-41(39-48-42(45)36-33-30-27-15-12-9-6-3)50-44(47)38-35-32-29-26-23-19-17-14-11-8-5-2/h13,16,20-21,41H,4-12,14-15,17-19,22-40H2,1-3H3/b16-13-,21-20-. The second-order valence-electron chi connectivity index (χ2n) is 14.3. The van der Waals surface area contributed by atoms with Gasteiger partial charge in [0.15, 0.2) is 6.10 Å². The number of carbonyl (C=O) groups is 3. The van der Waals surface area contributed by atoms with Crippen molar-refractivity contribution >= 4 is 17.9 Å². The van der Waals surface area contributed by atoms with Gasteiger partial charge in [0.2, 0.25) is 0 Å². The quantitative estimate of drug-likeness (QED) is 0.0275. The average molecular weight is 705 g/mol. The van der Waals surface area contributed by atoms with Crippen molar-refractivity contribution in [3.05, 3.63) is 24.3 Å². The third-order valence-electron chi connectivity index (χ3n) is 9.21. The molecule has 0 spiro atoms. The predicted octanol–water partition coefficient (Wildman–Crippen LogP) is 13.2. The zero-order chi connectivity index (χ0) is 36.6. The first kappa shape index (κ1) is 47.9. The Balaban J connectivity index is 4.33. The highest BCUT2D eigenvalue weighted by Gasteiger charge is 2.19. The van der Waals surface area contributed by atoms with Crippen molar-refractivity contribution in [2.75, 3.05) is 13.2 Å². The van der Waals surface area contributed by atoms with Crippen LogP contribution in [0, 0.1) is 0 Å². The fourth-order valence-corrected chi connectivity index (χ4v) is 5.93. The minimum atomic E-state index is -0.767. The molecule has 6 heteroatoms. The lowest BCUT2D eigenvalue weighted by molar-refractivity contribution is -0.167. The number of rotatable bonds is 38. The van der Waals surface area contributed by atoms with Crippen LogP contribution in [0.5, 0.6) is 0 Å². The Hall–Kier alpha value is -2.11. The maximum atomic E-state index is 12.6. The van der Waals surface area contributed by atoms with Crippen molar-refractivity contribution in [2.45, 2.75) is 226 Å². The highest BCUT2D eigenvalue weighted by Crippen LogP contribution is 2.14. The first-order valence-electron chi connectivity index (χ1n) is 21.3. The molecule has 0 N–H and O–H groups in total. The van der Waals surface area contributed by atoms with E-state index in [0.717, 1.165) is 77.0 Å². The van der Waals surface area contributed by atoms with E-state index >= 15 is 0 Å². The van der Waals surface area contributed by atoms with Gasteiger partial charge in [0.1, 0.15) is 13.2 Å². The summed E-state index contributed by atoms with van der Waals surface area (Å²) in [5, 5.41) is 0. The van der Waals surface area contributed by atoms with Gasteiger partial charge in [-0.3, -0.25) is 14.4 Å². The normalized spacial score (nSPS) is 12.1. The number of hydrogen-bond donors (Lipinski definition) is 0. The van der Waals surface area contributed by atoms with E-state index in [4.69, 9.17) is 14.2 Å². The minimum absolute atomic E-state index is 0.0732. The smallest absolute Gasteiger partial charge is 0.306 e. The van der Waals surface area contributed by atoms with Crippen LogP contribution in [0.25, 0.3) is 0 Å². The molecule has 1 atom stereocenters. The second-order valence-corrected chi connectivity index (χ2v) is 14.3. The fraction of sp³-hybridized carbons (Fsp3) is 0.841. The Bertz CT molecular complexity index is 819. The van der Waals surface area contributed by atoms with E-state index in [0.29, 0.717) is 19.3 Å². The van der Waals surface area contributed by atoms with Crippen LogP contribution < -0.4 is 0 Å². The van der Waals surface area contributed by atoms with Crippen LogP contribution in [-0.2, 0) is 28.6 Å². The SMILES string of the molecule is CCCC/C=C\C/C=C\CCCCCCCC(=O)OCC(COC(=O)CCCCCCCCC)OC(=O)CCCCCCCCCCCCC. The summed E-state index contributed by atoms with van der Waals surface area (Å²) >= 11 is 0. The molecular formula is C44H80O6. The maximum Gasteiger partial charge on any atom is 0.306 e. The largest absolute Gasteiger partial charge is 0.462 e. The number of esters is 3. The van der Waals surface area contributed by atoms with E-state index in [2.05, 4.69) is 45.1 Å². The average Bonchev–Trinajstić information content (AvgIpc) is 3.11. The summed E-state index contributed by atoms with van der Waals surface area (Å²) < 4.78 is 16.6. The summed E-state index contributed by atoms with van der Waals surface area (Å²) in [6, 6.07) is 0. The summed E-state index contributed by atoms with van der Waals surface area (Å²) in [6.07, 6.45) is 41.6. The van der Waals surface area contributed by atoms with Crippen molar-refractivity contribution in [1.82, 2.24) is 0 Å². The van der Waals surface area contributed by atoms with Gasteiger partial charge in [-0.05, 0) is 44.9 Å². The summed E-state index contributed by atoms with van der Waals surface area (Å²) in [7, 11) is 0. The van der Waals surface area contributed by atoms with Crippen LogP contribution >= 0.6 is 0 Å². The summed E-state index contributed by atoms with van der Waals surface area (Å²) in [5.74, 6) is -0.893. The van der Waals surface area contributed by atoms with Crippen LogP contribution in [0.3, 0.4) is 0 Å². The summed E-state index contributed by atoms with van der Waals surface area (Å²) in [4.78, 5) is 37.5. The molecule has 0 rings (SSSR count). The van der Waals surface area contributed by atoms with Gasteiger partial charge in [-0.15, -0.1) is 0 Å². The molecule has 0 aromatic heterocycles. The maximum absolute atomic E-state index is 12.6. The van der Waals surface area contributed by atoms with E-state index < -0.39 is 6.10 Å². The molecule has 0 amide bonds. The molecule has 292 valence electrons. The third-order valence-corrected chi connectivity index (χ3v) is 9.21. The molecule has 0 aliphatic rings. The molecule has 0 saturated carbocycles. The Labute approximate surface area is 309 Å². The van der Waals surface area contributed by atoms with Crippen LogP contribution in [0.1, 0.15) is 220 Å². The van der Waals surface area contributed by atoms with Gasteiger partial charge in [0.05, 0.1) is 0 Å². The van der Waals surface area contributed by atoms with Crippen LogP contribution in [0.4, 0.5) is 0 Å². The van der Waals surface area contributed by atoms with Gasteiger partial charge < -0.3 is 14.2 Å². The van der Waals surface area contributed by atoms with E-state index in [9.17, 15) is 14.4 Å². The molecule has 0 saturated heterocycles. The zero-order valence-electron chi connectivity index (χ0n) is 33.2. The lowest BCUT2D eigenvalue weighted by Gasteiger charge is -2.18. The van der Waals surface area contributed by atoms with E-state index in [-0.39, 0.29) is 31.1 Å². The molecule has 0 aliphatic carbocycles. The molecule has 0 aromatic rings. The number of hydrogen-bond acceptors (Lipinski definition) is 6. The highest BCUT2D eigenvalue weighted by molar-refractivity contribution is 5.71. The van der Waals surface area contributed by atoms with Gasteiger partial charge in [-0.25, -0.2) is 0 Å². The monoisotopic (exact) mass is 705 g/mol. The van der Waals surface area contributed by atoms with Crippen molar-refractivity contribution in [1.29, 1.82) is 0 Å². The van der Waals surface area contributed by atoms with Crippen molar-refractivity contribution in [3.63, 3.8) is 0 Å². The van der Waals surface area contributed by atoms with E-state index in [1.54, 1.807) is 0 Å². The Morgan fingerprint density at radius 1 is 0.400 bits per heavy atom. The number of ether oxygens (including phenoxy) is 3. The third kappa shape index (κ3) is 37.2. The van der Waals surface area contributed by atoms with Crippen LogP contribution in [0.2, 0.25) is 0 Å². The summed E-state index contributed by atoms with van der Waals surface area (Å²) in [6.45, 7) is 6.53. The van der Waals surface area contributed by atoms with Crippen molar-refractivity contribution in [2.24, 2.45) is 0 Å². The lowest BCUT2D eigenvalue weighted by Crippen LogP contribution is -2.30. The van der Waals surface area contributed by atoms with Crippen molar-refractivity contribution < 1.29 is 28.6 Å². The number of allylic oxidation sites excluding steroid dienone is 4. The number of carbonyl (C=O) groups excluding carboxylic acids is 3. The topological polar surface area (TPSA) is 78.9 Å². The van der Waals surface area contributed by atoms with Gasteiger partial charge in [0, 0.05) is 19.3 Å². The molecule has 0 radical (unpaired) electrons. The molecule has 50 heavy (non-hydrogen) atoms. The zero-order valence-corrected chi connectivity index (χ0v) is 33.2. The predicted molar refractivity (Wildman–Crippen MR) is 210 cm³/mol. The number of unbranched alkanes of at least 4 members (excludes halogenated alkanes) is 23. The Morgan fingerprint density at radius 3 is 1.16 bits per heavy atom. The molecule has 0 fully saturated rings. The fourth-order valence-electron chi connectivity index (χ4n) is 5.93. The Kier molecular flexibility index (Phi) is 38.0. The molecular weight excluding hydrogens is 624 g/mol. The molecule has 0 aliphatic heterocycles. The first-order valence-corrected chi connectivity index (χ1v) is 21.3. The second kappa shape index (κ2) is 39.7. The van der Waals surface area contributed by atoms with E-state index in [1.807, 2.05) is 0 Å². The first-order chi connectivity index (χ1) is 24.5. The van der Waals surface area contributed by atoms with Gasteiger partial charge in [-0.1, -0.05) is 180 Å². The molecule has 1 unspecified atom stereocenters. The minimum Gasteiger partial charge on any atom is -0.462 e. The molecule has 0 heterocycles. The van der Waals surface area contributed by atoms with Gasteiger partial charge >= 0.3 is 17.9 Å². The van der Waals surface area contributed by atoms with Crippen LogP contribution in [-0.4, -0.2) is 37.2 Å². The van der Waals surface area contributed by atoms with Gasteiger partial charge in [-0.2, -0.15) is 0 Å². The summed E-state index contributed by atoms with van der Waals surface area (Å²) in [5.41, 5.74) is 0. The van der Waals surface area contributed by atoms with Gasteiger partial charge in [0.25, 0.3) is 0 Å². The Morgan fingerprint density at radius 2 is 0.740 bits per heavy atom. The molecule has 0 aromatic carbocycles. The molecule has 6 nitrogen and oxygen atoms in total. The highest BCUT2D eigenvalue weighted by atomic mass is 16.6. The molecule has 0 bridgehead atoms. The lowest BCUT2D eigenvalue weighted by atomic mass is 10.1. The van der Waals surface area contributed by atoms with Crippen LogP contribution in [0.15, 0.2) is 24.3 Å². The van der Waals surface area contributed by atoms with Crippen molar-refractivity contribution in [3.8, 4) is 0 Å².